The van der Waals surface area contributed by atoms with Gasteiger partial charge in [0.05, 0.1) is 43.7 Å². The molecular weight excluding hydrogens is 482 g/mol. The van der Waals surface area contributed by atoms with Gasteiger partial charge in [-0.3, -0.25) is 0 Å². The lowest BCUT2D eigenvalue weighted by Crippen LogP contribution is -2.17. The maximum Gasteiger partial charge on any atom is 0.0994 e. The first kappa shape index (κ1) is 24.2. The Balaban J connectivity index is 2.12. The number of allylic oxidation sites excluding steroid dienone is 2. The molecule has 0 N–H and O–H groups in total. The zero-order valence-corrected chi connectivity index (χ0v) is 20.1. The summed E-state index contributed by atoms with van der Waals surface area (Å²) in [5, 5.41) is 21.6. The minimum atomic E-state index is -0.464. The van der Waals surface area contributed by atoms with E-state index in [4.69, 9.17) is 46.4 Å². The molecule has 0 saturated carbocycles. The molecule has 0 spiro atoms. The van der Waals surface area contributed by atoms with E-state index in [-0.39, 0.29) is 11.8 Å². The summed E-state index contributed by atoms with van der Waals surface area (Å²) >= 11 is 24.6. The highest BCUT2D eigenvalue weighted by Crippen LogP contribution is 2.41. The summed E-state index contributed by atoms with van der Waals surface area (Å²) in [5.41, 5.74) is 2.87. The molecule has 0 aliphatic rings. The highest BCUT2D eigenvalue weighted by Gasteiger charge is 2.30. The van der Waals surface area contributed by atoms with Crippen LogP contribution in [0.5, 0.6) is 0 Å². The molecule has 2 nitrogen and oxygen atoms in total. The number of nitrogens with zero attached hydrogens (tertiary/aromatic N) is 2. The summed E-state index contributed by atoms with van der Waals surface area (Å²) in [6.45, 7) is 1.98. The normalized spacial score (nSPS) is 14.2. The van der Waals surface area contributed by atoms with Gasteiger partial charge in [-0.25, -0.2) is 0 Å². The van der Waals surface area contributed by atoms with Crippen LogP contribution in [0.2, 0.25) is 20.1 Å². The lowest BCUT2D eigenvalue weighted by atomic mass is 9.74. The Bertz CT molecular complexity index is 1220. The van der Waals surface area contributed by atoms with E-state index in [2.05, 4.69) is 12.1 Å². The van der Waals surface area contributed by atoms with Crippen LogP contribution in [-0.4, -0.2) is 0 Å². The van der Waals surface area contributed by atoms with Crippen molar-refractivity contribution >= 4 is 52.0 Å². The van der Waals surface area contributed by atoms with Crippen molar-refractivity contribution in [2.75, 3.05) is 0 Å². The summed E-state index contributed by atoms with van der Waals surface area (Å²) in [5.74, 6) is -0.932. The summed E-state index contributed by atoms with van der Waals surface area (Å²) < 4.78 is 0. The second-order valence-corrected chi connectivity index (χ2v) is 9.03. The van der Waals surface area contributed by atoms with Crippen LogP contribution in [0.4, 0.5) is 0 Å². The van der Waals surface area contributed by atoms with E-state index < -0.39 is 5.92 Å². The van der Waals surface area contributed by atoms with E-state index in [9.17, 15) is 10.5 Å². The average Bonchev–Trinajstić information content (AvgIpc) is 2.80. The number of hydrogen-bond acceptors (Lipinski definition) is 2. The second-order valence-electron chi connectivity index (χ2n) is 7.40. The van der Waals surface area contributed by atoms with E-state index in [1.165, 1.54) is 0 Å². The fourth-order valence-electron chi connectivity index (χ4n) is 3.77. The molecule has 3 atom stereocenters. The molecule has 3 aromatic carbocycles. The van der Waals surface area contributed by atoms with E-state index in [1.807, 2.05) is 49.4 Å². The summed E-state index contributed by atoms with van der Waals surface area (Å²) in [4.78, 5) is 0. The first-order valence-corrected chi connectivity index (χ1v) is 11.3. The van der Waals surface area contributed by atoms with Crippen LogP contribution < -0.4 is 0 Å². The molecule has 0 bridgehead atoms. The molecule has 160 valence electrons. The van der Waals surface area contributed by atoms with Crippen molar-refractivity contribution < 1.29 is 0 Å². The van der Waals surface area contributed by atoms with Crippen molar-refractivity contribution in [1.82, 2.24) is 0 Å². The third kappa shape index (κ3) is 5.47. The average molecular weight is 500 g/mol. The Hall–Kier alpha value is -2.46. The predicted molar refractivity (Wildman–Crippen MR) is 133 cm³/mol. The zero-order valence-electron chi connectivity index (χ0n) is 17.1. The molecule has 32 heavy (non-hydrogen) atoms. The fraction of sp³-hybridized carbons (Fsp3) is 0.154. The predicted octanol–water partition coefficient (Wildman–Crippen LogP) is 8.93. The van der Waals surface area contributed by atoms with Gasteiger partial charge >= 0.3 is 0 Å². The highest BCUT2D eigenvalue weighted by molar-refractivity contribution is 6.42. The molecule has 0 amide bonds. The maximum absolute atomic E-state index is 10.1. The molecule has 0 radical (unpaired) electrons. The van der Waals surface area contributed by atoms with Gasteiger partial charge in [0, 0.05) is 5.92 Å². The highest BCUT2D eigenvalue weighted by atomic mass is 35.5. The summed E-state index contributed by atoms with van der Waals surface area (Å²) in [7, 11) is 0. The third-order valence-corrected chi connectivity index (χ3v) is 6.81. The molecule has 0 aliphatic heterocycles. The molecular formula is C26H18Cl4N2. The van der Waals surface area contributed by atoms with Gasteiger partial charge in [0.2, 0.25) is 0 Å². The van der Waals surface area contributed by atoms with Gasteiger partial charge in [0.1, 0.15) is 0 Å². The van der Waals surface area contributed by atoms with Crippen molar-refractivity contribution in [2.24, 2.45) is 5.92 Å². The van der Waals surface area contributed by atoms with E-state index in [0.717, 1.165) is 11.1 Å². The van der Waals surface area contributed by atoms with Gasteiger partial charge in [-0.1, -0.05) is 102 Å². The van der Waals surface area contributed by atoms with Crippen LogP contribution in [-0.2, 0) is 0 Å². The van der Waals surface area contributed by atoms with Crippen molar-refractivity contribution in [1.29, 1.82) is 10.5 Å². The van der Waals surface area contributed by atoms with Gasteiger partial charge in [-0.05, 0) is 46.9 Å². The van der Waals surface area contributed by atoms with Gasteiger partial charge < -0.3 is 0 Å². The molecule has 0 fully saturated rings. The second kappa shape index (κ2) is 10.9. The molecule has 3 aromatic rings. The van der Waals surface area contributed by atoms with Crippen LogP contribution in [0.1, 0.15) is 35.4 Å². The van der Waals surface area contributed by atoms with Crippen molar-refractivity contribution in [3.63, 3.8) is 0 Å². The SMILES string of the molecule is CC(C=C(C#N)c1ccc(Cl)c(Cl)c1)C(c1ccc(Cl)c(Cl)c1)C(C#N)c1ccccc1. The lowest BCUT2D eigenvalue weighted by molar-refractivity contribution is 0.508. The smallest absolute Gasteiger partial charge is 0.0994 e. The molecule has 0 aromatic heterocycles. The van der Waals surface area contributed by atoms with Crippen LogP contribution in [0.3, 0.4) is 0 Å². The number of benzene rings is 3. The number of hydrogen-bond donors (Lipinski definition) is 0. The van der Waals surface area contributed by atoms with Crippen molar-refractivity contribution in [2.45, 2.75) is 18.8 Å². The number of nitriles is 2. The van der Waals surface area contributed by atoms with Gasteiger partial charge in [-0.15, -0.1) is 0 Å². The molecule has 3 unspecified atom stereocenters. The fourth-order valence-corrected chi connectivity index (χ4v) is 4.37. The number of rotatable bonds is 6. The molecule has 0 heterocycles. The summed E-state index contributed by atoms with van der Waals surface area (Å²) in [6, 6.07) is 24.8. The quantitative estimate of drug-likeness (QED) is 0.317. The molecule has 0 aliphatic carbocycles. The Labute approximate surface area is 208 Å². The minimum Gasteiger partial charge on any atom is -0.198 e. The van der Waals surface area contributed by atoms with Gasteiger partial charge in [0.15, 0.2) is 0 Å². The lowest BCUT2D eigenvalue weighted by Gasteiger charge is -2.28. The first-order valence-electron chi connectivity index (χ1n) is 9.82. The number of halogens is 4. The Kier molecular flexibility index (Phi) is 8.25. The third-order valence-electron chi connectivity index (χ3n) is 5.33. The largest absolute Gasteiger partial charge is 0.198 e. The van der Waals surface area contributed by atoms with Crippen molar-refractivity contribution in [3.8, 4) is 12.1 Å². The Morgan fingerprint density at radius 1 is 0.781 bits per heavy atom. The van der Waals surface area contributed by atoms with Crippen LogP contribution in [0, 0.1) is 28.6 Å². The maximum atomic E-state index is 10.1. The van der Waals surface area contributed by atoms with Gasteiger partial charge in [0.25, 0.3) is 0 Å². The Morgan fingerprint density at radius 2 is 1.41 bits per heavy atom. The minimum absolute atomic E-state index is 0.193. The molecule has 3 rings (SSSR count). The van der Waals surface area contributed by atoms with Crippen molar-refractivity contribution in [3.05, 3.63) is 110 Å². The topological polar surface area (TPSA) is 47.6 Å². The van der Waals surface area contributed by atoms with E-state index in [0.29, 0.717) is 31.2 Å². The van der Waals surface area contributed by atoms with Gasteiger partial charge in [-0.2, -0.15) is 10.5 Å². The summed E-state index contributed by atoms with van der Waals surface area (Å²) in [6.07, 6.45) is 1.86. The van der Waals surface area contributed by atoms with Crippen LogP contribution in [0.25, 0.3) is 5.57 Å². The zero-order chi connectivity index (χ0) is 23.3. The monoisotopic (exact) mass is 498 g/mol. The van der Waals surface area contributed by atoms with E-state index >= 15 is 0 Å². The Morgan fingerprint density at radius 3 is 1.97 bits per heavy atom. The first-order chi connectivity index (χ1) is 15.3. The molecule has 6 heteroatoms. The standard InChI is InChI=1S/C26H18Cl4N2/c1-16(11-20(14-31)18-7-9-22(27)24(29)12-18)26(19-8-10-23(28)25(30)13-19)21(15-32)17-5-3-2-4-6-17/h2-13,16,21,26H,1H3. The van der Waals surface area contributed by atoms with E-state index in [1.54, 1.807) is 30.3 Å². The molecule has 0 saturated heterocycles. The van der Waals surface area contributed by atoms with Crippen LogP contribution >= 0.6 is 46.4 Å². The van der Waals surface area contributed by atoms with Crippen LogP contribution in [0.15, 0.2) is 72.8 Å².